The van der Waals surface area contributed by atoms with Crippen molar-refractivity contribution >= 4 is 23.2 Å². The summed E-state index contributed by atoms with van der Waals surface area (Å²) in [4.78, 5) is 26.4. The maximum atomic E-state index is 11.4. The van der Waals surface area contributed by atoms with E-state index in [2.05, 4.69) is 15.6 Å². The van der Waals surface area contributed by atoms with E-state index in [0.717, 1.165) is 5.01 Å². The molecule has 0 spiro atoms. The van der Waals surface area contributed by atoms with Crippen molar-refractivity contribution < 1.29 is 9.59 Å². The molecule has 0 bridgehead atoms. The third-order valence-corrected chi connectivity index (χ3v) is 2.72. The predicted molar refractivity (Wildman–Crippen MR) is 50.7 cm³/mol. The molecule has 2 amide bonds. The smallest absolute Gasteiger partial charge is 0.249 e. The van der Waals surface area contributed by atoms with Gasteiger partial charge in [0.1, 0.15) is 6.04 Å². The van der Waals surface area contributed by atoms with Crippen LogP contribution in [-0.2, 0) is 9.59 Å². The number of carbonyl (C=O) groups is 2. The van der Waals surface area contributed by atoms with Crippen LogP contribution in [0, 0.1) is 6.92 Å². The SMILES string of the molecule is Cc1nc(C2NCC(=O)NC2=O)cs1. The molecule has 1 fully saturated rings. The second-order valence-electron chi connectivity index (χ2n) is 3.02. The van der Waals surface area contributed by atoms with E-state index in [1.807, 2.05) is 12.3 Å². The van der Waals surface area contributed by atoms with Crippen molar-refractivity contribution in [2.45, 2.75) is 13.0 Å². The first-order valence-corrected chi connectivity index (χ1v) is 5.04. The predicted octanol–water partition coefficient (Wildman–Crippen LogP) is -0.261. The molecule has 2 N–H and O–H groups in total. The highest BCUT2D eigenvalue weighted by molar-refractivity contribution is 7.09. The second kappa shape index (κ2) is 3.47. The molecule has 1 atom stereocenters. The number of aryl methyl sites for hydroxylation is 1. The minimum Gasteiger partial charge on any atom is -0.294 e. The molecule has 2 heterocycles. The normalized spacial score (nSPS) is 22.2. The largest absolute Gasteiger partial charge is 0.294 e. The Morgan fingerprint density at radius 3 is 2.93 bits per heavy atom. The van der Waals surface area contributed by atoms with Crippen LogP contribution in [-0.4, -0.2) is 23.3 Å². The summed E-state index contributed by atoms with van der Waals surface area (Å²) in [7, 11) is 0. The van der Waals surface area contributed by atoms with Crippen molar-refractivity contribution in [1.29, 1.82) is 0 Å². The maximum Gasteiger partial charge on any atom is 0.249 e. The Morgan fingerprint density at radius 2 is 2.36 bits per heavy atom. The minimum absolute atomic E-state index is 0.160. The van der Waals surface area contributed by atoms with Crippen LogP contribution in [0.2, 0.25) is 0 Å². The van der Waals surface area contributed by atoms with Gasteiger partial charge in [0.2, 0.25) is 11.8 Å². The average Bonchev–Trinajstić information content (AvgIpc) is 2.51. The van der Waals surface area contributed by atoms with Crippen molar-refractivity contribution in [3.8, 4) is 0 Å². The van der Waals surface area contributed by atoms with Crippen LogP contribution in [0.25, 0.3) is 0 Å². The summed E-state index contributed by atoms with van der Waals surface area (Å²) in [6.07, 6.45) is 0. The van der Waals surface area contributed by atoms with Crippen LogP contribution in [0.3, 0.4) is 0 Å². The van der Waals surface area contributed by atoms with E-state index in [-0.39, 0.29) is 18.4 Å². The highest BCUT2D eigenvalue weighted by Crippen LogP contribution is 2.17. The van der Waals surface area contributed by atoms with Gasteiger partial charge in [-0.1, -0.05) is 0 Å². The molecule has 0 saturated carbocycles. The number of aromatic nitrogens is 1. The molecule has 14 heavy (non-hydrogen) atoms. The minimum atomic E-state index is -0.488. The maximum absolute atomic E-state index is 11.4. The fraction of sp³-hybridized carbons (Fsp3) is 0.375. The van der Waals surface area contributed by atoms with Crippen LogP contribution in [0.1, 0.15) is 16.7 Å². The Hall–Kier alpha value is -1.27. The summed E-state index contributed by atoms with van der Waals surface area (Å²) >= 11 is 1.48. The van der Waals surface area contributed by atoms with E-state index in [4.69, 9.17) is 0 Å². The number of thiazole rings is 1. The third-order valence-electron chi connectivity index (χ3n) is 1.92. The zero-order valence-corrected chi connectivity index (χ0v) is 8.35. The Morgan fingerprint density at radius 1 is 1.57 bits per heavy atom. The van der Waals surface area contributed by atoms with E-state index in [1.165, 1.54) is 11.3 Å². The zero-order valence-electron chi connectivity index (χ0n) is 7.53. The highest BCUT2D eigenvalue weighted by Gasteiger charge is 2.28. The van der Waals surface area contributed by atoms with Crippen molar-refractivity contribution in [3.63, 3.8) is 0 Å². The Balaban J connectivity index is 2.19. The first-order chi connectivity index (χ1) is 6.66. The van der Waals surface area contributed by atoms with Crippen LogP contribution in [0.15, 0.2) is 5.38 Å². The third kappa shape index (κ3) is 1.66. The van der Waals surface area contributed by atoms with Gasteiger partial charge >= 0.3 is 0 Å². The molecule has 1 saturated heterocycles. The van der Waals surface area contributed by atoms with Crippen LogP contribution in [0.4, 0.5) is 0 Å². The van der Waals surface area contributed by atoms with Crippen molar-refractivity contribution in [1.82, 2.24) is 15.6 Å². The van der Waals surface area contributed by atoms with Gasteiger partial charge in [-0.25, -0.2) is 4.98 Å². The van der Waals surface area contributed by atoms with Crippen LogP contribution in [0.5, 0.6) is 0 Å². The molecule has 6 heteroatoms. The van der Waals surface area contributed by atoms with E-state index in [0.29, 0.717) is 5.69 Å². The number of amides is 2. The molecule has 1 aromatic rings. The van der Waals surface area contributed by atoms with Gasteiger partial charge in [-0.2, -0.15) is 0 Å². The molecule has 2 rings (SSSR count). The summed E-state index contributed by atoms with van der Waals surface area (Å²) in [5, 5.41) is 7.82. The number of piperazine rings is 1. The number of hydrogen-bond acceptors (Lipinski definition) is 5. The van der Waals surface area contributed by atoms with Crippen LogP contribution >= 0.6 is 11.3 Å². The van der Waals surface area contributed by atoms with Gasteiger partial charge in [0, 0.05) is 5.38 Å². The number of rotatable bonds is 1. The summed E-state index contributed by atoms with van der Waals surface area (Å²) in [6.45, 7) is 2.03. The van der Waals surface area contributed by atoms with Gasteiger partial charge in [-0.05, 0) is 6.92 Å². The molecular weight excluding hydrogens is 202 g/mol. The lowest BCUT2D eigenvalue weighted by atomic mass is 10.2. The van der Waals surface area contributed by atoms with Gasteiger partial charge in [0.05, 0.1) is 17.2 Å². The standard InChI is InChI=1S/C8H9N3O2S/c1-4-10-5(3-14-4)7-8(13)11-6(12)2-9-7/h3,7,9H,2H2,1H3,(H,11,12,13). The monoisotopic (exact) mass is 211 g/mol. The average molecular weight is 211 g/mol. The van der Waals surface area contributed by atoms with Crippen molar-refractivity contribution in [3.05, 3.63) is 16.1 Å². The number of imide groups is 1. The van der Waals surface area contributed by atoms with Gasteiger partial charge in [0.25, 0.3) is 0 Å². The first-order valence-electron chi connectivity index (χ1n) is 4.16. The van der Waals surface area contributed by atoms with Gasteiger partial charge < -0.3 is 0 Å². The zero-order chi connectivity index (χ0) is 10.1. The molecule has 74 valence electrons. The summed E-state index contributed by atoms with van der Waals surface area (Å²) in [5.74, 6) is -0.621. The summed E-state index contributed by atoms with van der Waals surface area (Å²) in [5.41, 5.74) is 0.678. The fourth-order valence-corrected chi connectivity index (χ4v) is 1.93. The Bertz CT molecular complexity index is 388. The Kier molecular flexibility index (Phi) is 2.30. The van der Waals surface area contributed by atoms with Gasteiger partial charge in [-0.3, -0.25) is 20.2 Å². The second-order valence-corrected chi connectivity index (χ2v) is 4.08. The molecule has 1 aliphatic rings. The fourth-order valence-electron chi connectivity index (χ4n) is 1.29. The number of hydrogen-bond donors (Lipinski definition) is 2. The number of carbonyl (C=O) groups excluding carboxylic acids is 2. The molecule has 1 aliphatic heterocycles. The van der Waals surface area contributed by atoms with Gasteiger partial charge in [-0.15, -0.1) is 11.3 Å². The highest BCUT2D eigenvalue weighted by atomic mass is 32.1. The Labute approximate surface area is 84.5 Å². The van der Waals surface area contributed by atoms with Crippen molar-refractivity contribution in [2.24, 2.45) is 0 Å². The first kappa shape index (κ1) is 9.29. The molecule has 0 radical (unpaired) electrons. The van der Waals surface area contributed by atoms with Crippen LogP contribution < -0.4 is 10.6 Å². The van der Waals surface area contributed by atoms with E-state index in [9.17, 15) is 9.59 Å². The lowest BCUT2D eigenvalue weighted by Gasteiger charge is -2.20. The quantitative estimate of drug-likeness (QED) is 0.628. The molecule has 0 aromatic carbocycles. The number of nitrogens with zero attached hydrogens (tertiary/aromatic N) is 1. The molecule has 1 unspecified atom stereocenters. The topological polar surface area (TPSA) is 71.1 Å². The van der Waals surface area contributed by atoms with Crippen molar-refractivity contribution in [2.75, 3.05) is 6.54 Å². The summed E-state index contributed by atoms with van der Waals surface area (Å²) in [6, 6.07) is -0.488. The van der Waals surface area contributed by atoms with E-state index in [1.54, 1.807) is 0 Å². The number of nitrogens with one attached hydrogen (secondary N) is 2. The lowest BCUT2D eigenvalue weighted by Crippen LogP contribution is -2.51. The molecule has 1 aromatic heterocycles. The lowest BCUT2D eigenvalue weighted by molar-refractivity contribution is -0.134. The molecular formula is C8H9N3O2S. The van der Waals surface area contributed by atoms with Gasteiger partial charge in [0.15, 0.2) is 0 Å². The van der Waals surface area contributed by atoms with E-state index >= 15 is 0 Å². The van der Waals surface area contributed by atoms with E-state index < -0.39 is 6.04 Å². The molecule has 5 nitrogen and oxygen atoms in total. The summed E-state index contributed by atoms with van der Waals surface area (Å²) < 4.78 is 0. The molecule has 0 aliphatic carbocycles.